The summed E-state index contributed by atoms with van der Waals surface area (Å²) in [4.78, 5) is 20.5. The van der Waals surface area contributed by atoms with Gasteiger partial charge >= 0.3 is 0 Å². The number of nitrogens with zero attached hydrogens (tertiary/aromatic N) is 3. The molecule has 2 aliphatic heterocycles. The molecule has 2 aliphatic rings. The lowest BCUT2D eigenvalue weighted by atomic mass is 10.2. The molecule has 3 rings (SSSR count). The SMILES string of the molecule is CC(=O)N(Cc1ncc(C)o1)C1CCN(CC2CCCO2)C1. The lowest BCUT2D eigenvalue weighted by molar-refractivity contribution is -0.132. The summed E-state index contributed by atoms with van der Waals surface area (Å²) in [5, 5.41) is 0. The Morgan fingerprint density at radius 3 is 3.00 bits per heavy atom. The van der Waals surface area contributed by atoms with Crippen molar-refractivity contribution in [3.8, 4) is 0 Å². The van der Waals surface area contributed by atoms with Crippen LogP contribution in [0.5, 0.6) is 0 Å². The van der Waals surface area contributed by atoms with Crippen LogP contribution in [0, 0.1) is 6.92 Å². The Bertz CT molecular complexity index is 510. The van der Waals surface area contributed by atoms with E-state index in [1.54, 1.807) is 13.1 Å². The molecule has 0 N–H and O–H groups in total. The Kier molecular flexibility index (Phi) is 4.78. The van der Waals surface area contributed by atoms with E-state index in [1.807, 2.05) is 11.8 Å². The summed E-state index contributed by atoms with van der Waals surface area (Å²) in [7, 11) is 0. The van der Waals surface area contributed by atoms with E-state index in [0.717, 1.165) is 44.8 Å². The quantitative estimate of drug-likeness (QED) is 0.826. The normalized spacial score (nSPS) is 25.7. The van der Waals surface area contributed by atoms with Crippen LogP contribution in [0.1, 0.15) is 37.8 Å². The van der Waals surface area contributed by atoms with Crippen molar-refractivity contribution in [2.24, 2.45) is 0 Å². The van der Waals surface area contributed by atoms with Gasteiger partial charge in [0.1, 0.15) is 5.76 Å². The molecule has 0 radical (unpaired) electrons. The molecule has 122 valence electrons. The number of likely N-dealkylation sites (tertiary alicyclic amines) is 1. The monoisotopic (exact) mass is 307 g/mol. The van der Waals surface area contributed by atoms with Gasteiger partial charge < -0.3 is 14.1 Å². The number of aryl methyl sites for hydroxylation is 1. The molecule has 3 heterocycles. The maximum Gasteiger partial charge on any atom is 0.220 e. The Morgan fingerprint density at radius 1 is 1.50 bits per heavy atom. The molecule has 0 spiro atoms. The number of carbonyl (C=O) groups excluding carboxylic acids is 1. The van der Waals surface area contributed by atoms with Crippen LogP contribution in [0.25, 0.3) is 0 Å². The second-order valence-electron chi connectivity index (χ2n) is 6.35. The van der Waals surface area contributed by atoms with Crippen molar-refractivity contribution in [1.29, 1.82) is 0 Å². The zero-order valence-corrected chi connectivity index (χ0v) is 13.5. The predicted molar refractivity (Wildman–Crippen MR) is 81.3 cm³/mol. The first kappa shape index (κ1) is 15.5. The molecular weight excluding hydrogens is 282 g/mol. The van der Waals surface area contributed by atoms with Crippen LogP contribution in [0.15, 0.2) is 10.6 Å². The van der Waals surface area contributed by atoms with Gasteiger partial charge in [0.05, 0.1) is 18.8 Å². The molecule has 1 aromatic rings. The first-order valence-electron chi connectivity index (χ1n) is 8.14. The van der Waals surface area contributed by atoms with Gasteiger partial charge in [0.25, 0.3) is 0 Å². The minimum absolute atomic E-state index is 0.0832. The van der Waals surface area contributed by atoms with Crippen molar-refractivity contribution in [3.63, 3.8) is 0 Å². The Balaban J connectivity index is 1.57. The molecule has 0 bridgehead atoms. The predicted octanol–water partition coefficient (Wildman–Crippen LogP) is 1.58. The Hall–Kier alpha value is -1.40. The average Bonchev–Trinajstić information content (AvgIpc) is 3.19. The van der Waals surface area contributed by atoms with Crippen LogP contribution in [-0.4, -0.2) is 59.1 Å². The number of hydrogen-bond donors (Lipinski definition) is 0. The summed E-state index contributed by atoms with van der Waals surface area (Å²) in [6.45, 7) is 7.77. The number of ether oxygens (including phenoxy) is 1. The van der Waals surface area contributed by atoms with Crippen molar-refractivity contribution in [2.75, 3.05) is 26.2 Å². The largest absolute Gasteiger partial charge is 0.444 e. The summed E-state index contributed by atoms with van der Waals surface area (Å²) in [5.41, 5.74) is 0. The molecule has 0 aromatic carbocycles. The van der Waals surface area contributed by atoms with E-state index in [9.17, 15) is 4.79 Å². The highest BCUT2D eigenvalue weighted by Gasteiger charge is 2.31. The molecule has 22 heavy (non-hydrogen) atoms. The molecule has 6 nitrogen and oxygen atoms in total. The third kappa shape index (κ3) is 3.67. The average molecular weight is 307 g/mol. The van der Waals surface area contributed by atoms with Gasteiger partial charge in [-0.05, 0) is 26.2 Å². The molecule has 2 atom stereocenters. The van der Waals surface area contributed by atoms with E-state index in [-0.39, 0.29) is 11.9 Å². The second-order valence-corrected chi connectivity index (χ2v) is 6.35. The Morgan fingerprint density at radius 2 is 2.36 bits per heavy atom. The van der Waals surface area contributed by atoms with Gasteiger partial charge in [-0.15, -0.1) is 0 Å². The molecule has 0 saturated carbocycles. The second kappa shape index (κ2) is 6.79. The van der Waals surface area contributed by atoms with Crippen LogP contribution in [0.4, 0.5) is 0 Å². The van der Waals surface area contributed by atoms with Gasteiger partial charge in [0, 0.05) is 39.2 Å². The lowest BCUT2D eigenvalue weighted by Crippen LogP contribution is -2.41. The summed E-state index contributed by atoms with van der Waals surface area (Å²) >= 11 is 0. The van der Waals surface area contributed by atoms with Crippen molar-refractivity contribution in [1.82, 2.24) is 14.8 Å². The van der Waals surface area contributed by atoms with Crippen molar-refractivity contribution < 1.29 is 13.9 Å². The summed E-state index contributed by atoms with van der Waals surface area (Å²) in [6.07, 6.45) is 5.41. The number of oxazole rings is 1. The molecule has 2 fully saturated rings. The van der Waals surface area contributed by atoms with Gasteiger partial charge in [0.15, 0.2) is 0 Å². The molecule has 2 saturated heterocycles. The number of carbonyl (C=O) groups is 1. The molecule has 6 heteroatoms. The van der Waals surface area contributed by atoms with E-state index >= 15 is 0 Å². The molecule has 0 aliphatic carbocycles. The topological polar surface area (TPSA) is 58.8 Å². The van der Waals surface area contributed by atoms with Crippen molar-refractivity contribution in [3.05, 3.63) is 17.8 Å². The fraction of sp³-hybridized carbons (Fsp3) is 0.750. The lowest BCUT2D eigenvalue weighted by Gasteiger charge is -2.27. The highest BCUT2D eigenvalue weighted by molar-refractivity contribution is 5.73. The molecule has 1 amide bonds. The van der Waals surface area contributed by atoms with Crippen LogP contribution in [-0.2, 0) is 16.1 Å². The number of rotatable bonds is 5. The third-order valence-electron chi connectivity index (χ3n) is 4.55. The van der Waals surface area contributed by atoms with Gasteiger partial charge in [0.2, 0.25) is 11.8 Å². The maximum atomic E-state index is 12.0. The zero-order valence-electron chi connectivity index (χ0n) is 13.5. The van der Waals surface area contributed by atoms with E-state index < -0.39 is 0 Å². The van der Waals surface area contributed by atoms with E-state index in [1.165, 1.54) is 6.42 Å². The summed E-state index contributed by atoms with van der Waals surface area (Å²) in [6, 6.07) is 0.242. The smallest absolute Gasteiger partial charge is 0.220 e. The van der Waals surface area contributed by atoms with E-state index in [2.05, 4.69) is 9.88 Å². The number of amides is 1. The molecular formula is C16H25N3O3. The van der Waals surface area contributed by atoms with E-state index in [0.29, 0.717) is 18.5 Å². The van der Waals surface area contributed by atoms with Crippen LogP contribution in [0.2, 0.25) is 0 Å². The maximum absolute atomic E-state index is 12.0. The minimum Gasteiger partial charge on any atom is -0.444 e. The van der Waals surface area contributed by atoms with Crippen molar-refractivity contribution >= 4 is 5.91 Å². The van der Waals surface area contributed by atoms with E-state index in [4.69, 9.17) is 9.15 Å². The van der Waals surface area contributed by atoms with Crippen LogP contribution >= 0.6 is 0 Å². The Labute approximate surface area is 131 Å². The van der Waals surface area contributed by atoms with Gasteiger partial charge in [-0.25, -0.2) is 4.98 Å². The molecule has 2 unspecified atom stereocenters. The number of hydrogen-bond acceptors (Lipinski definition) is 5. The van der Waals surface area contributed by atoms with Crippen molar-refractivity contribution in [2.45, 2.75) is 51.8 Å². The zero-order chi connectivity index (χ0) is 15.5. The fourth-order valence-corrected chi connectivity index (χ4v) is 3.43. The third-order valence-corrected chi connectivity index (χ3v) is 4.55. The van der Waals surface area contributed by atoms with Gasteiger partial charge in [-0.1, -0.05) is 0 Å². The summed E-state index contributed by atoms with van der Waals surface area (Å²) in [5.74, 6) is 1.48. The van der Waals surface area contributed by atoms with Crippen LogP contribution in [0.3, 0.4) is 0 Å². The summed E-state index contributed by atoms with van der Waals surface area (Å²) < 4.78 is 11.2. The number of aromatic nitrogens is 1. The first-order valence-corrected chi connectivity index (χ1v) is 8.14. The molecule has 1 aromatic heterocycles. The highest BCUT2D eigenvalue weighted by atomic mass is 16.5. The standard InChI is InChI=1S/C16H25N3O3/c1-12-8-17-16(22-12)11-19(13(2)20)14-5-6-18(9-14)10-15-4-3-7-21-15/h8,14-15H,3-7,9-11H2,1-2H3. The van der Waals surface area contributed by atoms with Gasteiger partial charge in [-0.2, -0.15) is 0 Å². The fourth-order valence-electron chi connectivity index (χ4n) is 3.43. The minimum atomic E-state index is 0.0832. The first-order chi connectivity index (χ1) is 10.6. The van der Waals surface area contributed by atoms with Gasteiger partial charge in [-0.3, -0.25) is 9.69 Å². The highest BCUT2D eigenvalue weighted by Crippen LogP contribution is 2.21. The van der Waals surface area contributed by atoms with Crippen LogP contribution < -0.4 is 0 Å².